The summed E-state index contributed by atoms with van der Waals surface area (Å²) < 4.78 is 5.66. The van der Waals surface area contributed by atoms with Crippen LogP contribution >= 0.6 is 0 Å². The minimum Gasteiger partial charge on any atom is -0.477 e. The summed E-state index contributed by atoms with van der Waals surface area (Å²) in [6.07, 6.45) is -0.0991. The highest BCUT2D eigenvalue weighted by Crippen LogP contribution is 2.32. The molecule has 5 heteroatoms. The fourth-order valence-electron chi connectivity index (χ4n) is 2.00. The van der Waals surface area contributed by atoms with Crippen LogP contribution in [0.25, 0.3) is 0 Å². The van der Waals surface area contributed by atoms with Gasteiger partial charge in [0.1, 0.15) is 5.75 Å². The zero-order chi connectivity index (χ0) is 13.0. The van der Waals surface area contributed by atoms with Gasteiger partial charge in [-0.15, -0.1) is 0 Å². The van der Waals surface area contributed by atoms with Crippen LogP contribution in [0.4, 0.5) is 5.69 Å². The molecule has 1 aliphatic heterocycles. The highest BCUT2D eigenvalue weighted by Gasteiger charge is 2.29. The summed E-state index contributed by atoms with van der Waals surface area (Å²) in [4.78, 5) is 13.7. The predicted octanol–water partition coefficient (Wildman–Crippen LogP) is 0.914. The van der Waals surface area contributed by atoms with Crippen molar-refractivity contribution in [3.8, 4) is 11.8 Å². The van der Waals surface area contributed by atoms with Gasteiger partial charge in [-0.25, -0.2) is 0 Å². The molecule has 1 aromatic carbocycles. The minimum absolute atomic E-state index is 0.147. The molecule has 0 aliphatic carbocycles. The van der Waals surface area contributed by atoms with Crippen molar-refractivity contribution < 1.29 is 9.53 Å². The largest absolute Gasteiger partial charge is 0.477 e. The number of hydrogen-bond acceptors (Lipinski definition) is 4. The molecule has 0 radical (unpaired) electrons. The van der Waals surface area contributed by atoms with Crippen molar-refractivity contribution in [2.45, 2.75) is 12.5 Å². The number of para-hydroxylation sites is 2. The maximum absolute atomic E-state index is 11.7. The molecule has 0 bridgehead atoms. The molecular weight excluding hydrogens is 230 g/mol. The molecule has 1 aromatic rings. The topological polar surface area (TPSA) is 65.4 Å². The molecular formula is C13H15N3O2. The molecule has 1 heterocycles. The predicted molar refractivity (Wildman–Crippen MR) is 67.4 cm³/mol. The number of anilines is 1. The Labute approximate surface area is 106 Å². The van der Waals surface area contributed by atoms with Crippen LogP contribution in [0.1, 0.15) is 6.42 Å². The van der Waals surface area contributed by atoms with Crippen molar-refractivity contribution in [2.75, 3.05) is 25.0 Å². The molecule has 0 spiro atoms. The number of carbonyl (C=O) groups excluding carboxylic acids is 1. The third kappa shape index (κ3) is 2.38. The van der Waals surface area contributed by atoms with Crippen LogP contribution in [-0.4, -0.2) is 32.1 Å². The average molecular weight is 245 g/mol. The van der Waals surface area contributed by atoms with Crippen molar-refractivity contribution in [1.29, 1.82) is 5.26 Å². The van der Waals surface area contributed by atoms with Crippen LogP contribution < -0.4 is 15.0 Å². The molecule has 1 atom stereocenters. The van der Waals surface area contributed by atoms with Gasteiger partial charge in [0.25, 0.3) is 5.91 Å². The molecule has 94 valence electrons. The number of nitrogens with zero attached hydrogens (tertiary/aromatic N) is 2. The molecule has 5 nitrogen and oxygen atoms in total. The SMILES string of the molecule is CNC(=O)[C@@H]1CN(CCC#N)c2ccccc2O1. The Morgan fingerprint density at radius 1 is 1.61 bits per heavy atom. The summed E-state index contributed by atoms with van der Waals surface area (Å²) in [7, 11) is 1.59. The van der Waals surface area contributed by atoms with E-state index in [0.29, 0.717) is 25.3 Å². The lowest BCUT2D eigenvalue weighted by Gasteiger charge is -2.35. The number of hydrogen-bond donors (Lipinski definition) is 1. The summed E-state index contributed by atoms with van der Waals surface area (Å²) in [5.74, 6) is 0.543. The minimum atomic E-state index is -0.524. The number of benzene rings is 1. The lowest BCUT2D eigenvalue weighted by molar-refractivity contribution is -0.127. The first-order valence-electron chi connectivity index (χ1n) is 5.85. The second kappa shape index (κ2) is 5.41. The maximum atomic E-state index is 11.7. The number of nitriles is 1. The van der Waals surface area contributed by atoms with Crippen LogP contribution in [0.5, 0.6) is 5.75 Å². The number of ether oxygens (including phenoxy) is 1. The van der Waals surface area contributed by atoms with Crippen molar-refractivity contribution in [3.05, 3.63) is 24.3 Å². The lowest BCUT2D eigenvalue weighted by Crippen LogP contribution is -2.48. The molecule has 1 N–H and O–H groups in total. The fourth-order valence-corrected chi connectivity index (χ4v) is 2.00. The number of fused-ring (bicyclic) bond motifs is 1. The number of likely N-dealkylation sites (N-methyl/N-ethyl adjacent to an activating group) is 1. The molecule has 0 unspecified atom stereocenters. The van der Waals surface area contributed by atoms with E-state index in [1.165, 1.54) is 0 Å². The smallest absolute Gasteiger partial charge is 0.262 e. The Bertz CT molecular complexity index is 481. The van der Waals surface area contributed by atoms with Crippen LogP contribution in [0.2, 0.25) is 0 Å². The number of amides is 1. The quantitative estimate of drug-likeness (QED) is 0.859. The Hall–Kier alpha value is -2.22. The normalized spacial score (nSPS) is 17.3. The van der Waals surface area contributed by atoms with E-state index < -0.39 is 6.10 Å². The Balaban J connectivity index is 2.24. The second-order valence-corrected chi connectivity index (χ2v) is 4.04. The van der Waals surface area contributed by atoms with Gasteiger partial charge in [0.05, 0.1) is 24.7 Å². The highest BCUT2D eigenvalue weighted by atomic mass is 16.5. The molecule has 0 saturated carbocycles. The van der Waals surface area contributed by atoms with Gasteiger partial charge in [0.15, 0.2) is 6.10 Å². The van der Waals surface area contributed by atoms with Crippen molar-refractivity contribution >= 4 is 11.6 Å². The van der Waals surface area contributed by atoms with Crippen LogP contribution in [0.3, 0.4) is 0 Å². The van der Waals surface area contributed by atoms with E-state index in [-0.39, 0.29) is 5.91 Å². The van der Waals surface area contributed by atoms with Crippen molar-refractivity contribution in [2.24, 2.45) is 0 Å². The maximum Gasteiger partial charge on any atom is 0.262 e. The van der Waals surface area contributed by atoms with Gasteiger partial charge in [-0.3, -0.25) is 4.79 Å². The zero-order valence-corrected chi connectivity index (χ0v) is 10.2. The van der Waals surface area contributed by atoms with E-state index in [1.807, 2.05) is 29.2 Å². The first-order valence-corrected chi connectivity index (χ1v) is 5.85. The average Bonchev–Trinajstić information content (AvgIpc) is 2.43. The molecule has 0 fully saturated rings. The summed E-state index contributed by atoms with van der Waals surface area (Å²) in [6, 6.07) is 9.68. The second-order valence-electron chi connectivity index (χ2n) is 4.04. The van der Waals surface area contributed by atoms with E-state index in [0.717, 1.165) is 5.69 Å². The number of carbonyl (C=O) groups is 1. The van der Waals surface area contributed by atoms with E-state index in [4.69, 9.17) is 10.00 Å². The van der Waals surface area contributed by atoms with Crippen molar-refractivity contribution in [3.63, 3.8) is 0 Å². The summed E-state index contributed by atoms with van der Waals surface area (Å²) in [5, 5.41) is 11.3. The molecule has 0 aromatic heterocycles. The molecule has 1 aliphatic rings. The summed E-state index contributed by atoms with van der Waals surface area (Å²) in [6.45, 7) is 1.07. The molecule has 1 amide bonds. The van der Waals surface area contributed by atoms with Crippen LogP contribution in [0, 0.1) is 11.3 Å². The van der Waals surface area contributed by atoms with Gasteiger partial charge >= 0.3 is 0 Å². The standard InChI is InChI=1S/C13H15N3O2/c1-15-13(17)12-9-16(8-4-7-14)10-5-2-3-6-11(10)18-12/h2-3,5-6,12H,4,8-9H2,1H3,(H,15,17)/t12-/m0/s1. The molecule has 0 saturated heterocycles. The van der Waals surface area contributed by atoms with E-state index in [2.05, 4.69) is 11.4 Å². The van der Waals surface area contributed by atoms with Gasteiger partial charge in [-0.1, -0.05) is 12.1 Å². The third-order valence-electron chi connectivity index (χ3n) is 2.89. The van der Waals surface area contributed by atoms with Crippen LogP contribution in [0.15, 0.2) is 24.3 Å². The fraction of sp³-hybridized carbons (Fsp3) is 0.385. The number of rotatable bonds is 3. The van der Waals surface area contributed by atoms with Crippen molar-refractivity contribution in [1.82, 2.24) is 5.32 Å². The van der Waals surface area contributed by atoms with Gasteiger partial charge in [0, 0.05) is 13.6 Å². The van der Waals surface area contributed by atoms with Gasteiger partial charge < -0.3 is 15.0 Å². The van der Waals surface area contributed by atoms with Gasteiger partial charge in [-0.2, -0.15) is 5.26 Å². The number of nitrogens with one attached hydrogen (secondary N) is 1. The zero-order valence-electron chi connectivity index (χ0n) is 10.2. The first-order chi connectivity index (χ1) is 8.76. The van der Waals surface area contributed by atoms with E-state index >= 15 is 0 Å². The molecule has 18 heavy (non-hydrogen) atoms. The Kier molecular flexibility index (Phi) is 3.68. The third-order valence-corrected chi connectivity index (χ3v) is 2.89. The first kappa shape index (κ1) is 12.2. The van der Waals surface area contributed by atoms with Gasteiger partial charge in [-0.05, 0) is 12.1 Å². The lowest BCUT2D eigenvalue weighted by atomic mass is 10.1. The highest BCUT2D eigenvalue weighted by molar-refractivity contribution is 5.83. The monoisotopic (exact) mass is 245 g/mol. The van der Waals surface area contributed by atoms with Gasteiger partial charge in [0.2, 0.25) is 0 Å². The molecule has 2 rings (SSSR count). The Morgan fingerprint density at radius 3 is 3.11 bits per heavy atom. The van der Waals surface area contributed by atoms with E-state index in [1.54, 1.807) is 7.05 Å². The van der Waals surface area contributed by atoms with E-state index in [9.17, 15) is 4.79 Å². The summed E-state index contributed by atoms with van der Waals surface area (Å²) >= 11 is 0. The van der Waals surface area contributed by atoms with Crippen LogP contribution in [-0.2, 0) is 4.79 Å². The Morgan fingerprint density at radius 2 is 2.39 bits per heavy atom. The summed E-state index contributed by atoms with van der Waals surface area (Å²) in [5.41, 5.74) is 0.938.